The molecule has 8 heteroatoms. The molecule has 0 bridgehead atoms. The standard InChI is InChI=1S/C26H26Cl2N4OS/c1-17-24(25(33)32(30(17)2)20-11-7-4-8-12-20)29-26-31(19-9-5-3-6-10-19)23(16-34-26)21-14-13-18(27)15-22(21)28/h4,7-8,11-16,19H,3,5-6,9-10H2,1-2H3. The third-order valence-electron chi connectivity index (χ3n) is 6.62. The number of rotatable bonds is 4. The van der Waals surface area contributed by atoms with Gasteiger partial charge in [0.15, 0.2) is 10.5 Å². The lowest BCUT2D eigenvalue weighted by atomic mass is 9.95. The summed E-state index contributed by atoms with van der Waals surface area (Å²) in [5.41, 5.74) is 3.94. The number of halogens is 2. The van der Waals surface area contributed by atoms with E-state index in [1.807, 2.05) is 61.1 Å². The van der Waals surface area contributed by atoms with Gasteiger partial charge in [0.25, 0.3) is 5.56 Å². The summed E-state index contributed by atoms with van der Waals surface area (Å²) in [6, 6.07) is 15.6. The summed E-state index contributed by atoms with van der Waals surface area (Å²) >= 11 is 14.3. The van der Waals surface area contributed by atoms with E-state index in [2.05, 4.69) is 9.95 Å². The number of benzene rings is 2. The van der Waals surface area contributed by atoms with Gasteiger partial charge in [0, 0.05) is 29.1 Å². The molecule has 34 heavy (non-hydrogen) atoms. The van der Waals surface area contributed by atoms with E-state index in [9.17, 15) is 4.79 Å². The molecular weight excluding hydrogens is 487 g/mol. The Bertz CT molecular complexity index is 1460. The van der Waals surface area contributed by atoms with E-state index >= 15 is 0 Å². The van der Waals surface area contributed by atoms with Gasteiger partial charge in [-0.3, -0.25) is 9.48 Å². The van der Waals surface area contributed by atoms with Crippen molar-refractivity contribution in [3.8, 4) is 16.9 Å². The summed E-state index contributed by atoms with van der Waals surface area (Å²) in [6.07, 6.45) is 5.80. The molecule has 0 radical (unpaired) electrons. The van der Waals surface area contributed by atoms with E-state index < -0.39 is 0 Å². The Morgan fingerprint density at radius 1 is 1.03 bits per heavy atom. The second-order valence-electron chi connectivity index (χ2n) is 8.71. The minimum Gasteiger partial charge on any atom is -0.313 e. The normalized spacial score (nSPS) is 15.2. The Kier molecular flexibility index (Phi) is 6.56. The lowest BCUT2D eigenvalue weighted by Gasteiger charge is -2.25. The zero-order valence-electron chi connectivity index (χ0n) is 19.2. The highest BCUT2D eigenvalue weighted by Gasteiger charge is 2.23. The lowest BCUT2D eigenvalue weighted by molar-refractivity contribution is 0.351. The summed E-state index contributed by atoms with van der Waals surface area (Å²) in [7, 11) is 1.89. The summed E-state index contributed by atoms with van der Waals surface area (Å²) in [6.45, 7) is 1.94. The zero-order valence-corrected chi connectivity index (χ0v) is 21.5. The van der Waals surface area contributed by atoms with E-state index in [1.54, 1.807) is 22.1 Å². The molecule has 2 aromatic carbocycles. The maximum absolute atomic E-state index is 13.5. The molecule has 2 heterocycles. The maximum atomic E-state index is 13.5. The fraction of sp³-hybridized carbons (Fsp3) is 0.308. The molecule has 0 atom stereocenters. The average Bonchev–Trinajstić information content (AvgIpc) is 3.34. The van der Waals surface area contributed by atoms with E-state index in [0.29, 0.717) is 21.8 Å². The van der Waals surface area contributed by atoms with Crippen molar-refractivity contribution in [1.29, 1.82) is 0 Å². The van der Waals surface area contributed by atoms with Crippen LogP contribution in [0, 0.1) is 6.92 Å². The summed E-state index contributed by atoms with van der Waals surface area (Å²) in [4.78, 5) is 19.3. The Morgan fingerprint density at radius 2 is 1.76 bits per heavy atom. The van der Waals surface area contributed by atoms with Gasteiger partial charge in [-0.25, -0.2) is 9.67 Å². The molecule has 0 aliphatic heterocycles. The van der Waals surface area contributed by atoms with E-state index in [4.69, 9.17) is 28.2 Å². The van der Waals surface area contributed by atoms with Gasteiger partial charge < -0.3 is 4.57 Å². The summed E-state index contributed by atoms with van der Waals surface area (Å²) in [5, 5.41) is 3.32. The van der Waals surface area contributed by atoms with Crippen LogP contribution in [0.5, 0.6) is 0 Å². The predicted octanol–water partition coefficient (Wildman–Crippen LogP) is 7.06. The molecule has 5 rings (SSSR count). The van der Waals surface area contributed by atoms with Crippen LogP contribution in [0.1, 0.15) is 43.8 Å². The van der Waals surface area contributed by atoms with Crippen LogP contribution >= 0.6 is 34.5 Å². The van der Waals surface area contributed by atoms with Crippen molar-refractivity contribution in [2.75, 3.05) is 0 Å². The first kappa shape index (κ1) is 23.2. The van der Waals surface area contributed by atoms with Crippen LogP contribution in [-0.2, 0) is 7.05 Å². The Balaban J connectivity index is 1.72. The van der Waals surface area contributed by atoms with Crippen LogP contribution in [0.2, 0.25) is 10.0 Å². The zero-order chi connectivity index (χ0) is 23.8. The van der Waals surface area contributed by atoms with Gasteiger partial charge in [-0.05, 0) is 50.1 Å². The van der Waals surface area contributed by atoms with Gasteiger partial charge in [0.05, 0.1) is 22.1 Å². The average molecular weight is 513 g/mol. The van der Waals surface area contributed by atoms with E-state index in [0.717, 1.165) is 40.3 Å². The smallest absolute Gasteiger partial charge is 0.297 e. The fourth-order valence-electron chi connectivity index (χ4n) is 4.77. The molecule has 176 valence electrons. The molecule has 4 aromatic rings. The van der Waals surface area contributed by atoms with Gasteiger partial charge in [0.2, 0.25) is 0 Å². The number of hydrogen-bond acceptors (Lipinski definition) is 3. The Labute approximate surface area is 212 Å². The highest BCUT2D eigenvalue weighted by Crippen LogP contribution is 2.36. The SMILES string of the molecule is Cc1c(N=c2scc(-c3ccc(Cl)cc3Cl)n2C2CCCCC2)c(=O)n(-c2ccccc2)n1C. The molecule has 0 spiro atoms. The van der Waals surface area contributed by atoms with Gasteiger partial charge in [-0.2, -0.15) is 0 Å². The predicted molar refractivity (Wildman–Crippen MR) is 141 cm³/mol. The highest BCUT2D eigenvalue weighted by atomic mass is 35.5. The number of hydrogen-bond donors (Lipinski definition) is 0. The van der Waals surface area contributed by atoms with Crippen LogP contribution in [-0.4, -0.2) is 13.9 Å². The molecular formula is C26H26Cl2N4OS. The minimum absolute atomic E-state index is 0.124. The van der Waals surface area contributed by atoms with E-state index in [-0.39, 0.29) is 5.56 Å². The Hall–Kier alpha value is -2.54. The van der Waals surface area contributed by atoms with Gasteiger partial charge >= 0.3 is 0 Å². The number of nitrogens with zero attached hydrogens (tertiary/aromatic N) is 4. The third kappa shape index (κ3) is 4.19. The van der Waals surface area contributed by atoms with Crippen LogP contribution in [0.3, 0.4) is 0 Å². The number of thiazole rings is 1. The fourth-order valence-corrected chi connectivity index (χ4v) is 6.23. The van der Waals surface area contributed by atoms with E-state index in [1.165, 1.54) is 19.3 Å². The molecule has 2 aromatic heterocycles. The minimum atomic E-state index is -0.124. The molecule has 1 aliphatic carbocycles. The molecule has 0 N–H and O–H groups in total. The quantitative estimate of drug-likeness (QED) is 0.288. The second kappa shape index (κ2) is 9.61. The molecule has 5 nitrogen and oxygen atoms in total. The van der Waals surface area contributed by atoms with Crippen molar-refractivity contribution in [2.45, 2.75) is 45.1 Å². The van der Waals surface area contributed by atoms with Gasteiger partial charge in [-0.1, -0.05) is 60.7 Å². The van der Waals surface area contributed by atoms with Crippen LogP contribution in [0.25, 0.3) is 16.9 Å². The molecule has 0 unspecified atom stereocenters. The van der Waals surface area contributed by atoms with Crippen molar-refractivity contribution in [2.24, 2.45) is 12.0 Å². The van der Waals surface area contributed by atoms with Gasteiger partial charge in [-0.15, -0.1) is 11.3 Å². The third-order valence-corrected chi connectivity index (χ3v) is 8.01. The second-order valence-corrected chi connectivity index (χ2v) is 10.4. The number of aromatic nitrogens is 3. The van der Waals surface area contributed by atoms with Crippen LogP contribution < -0.4 is 10.4 Å². The van der Waals surface area contributed by atoms with Crippen LogP contribution in [0.4, 0.5) is 5.69 Å². The summed E-state index contributed by atoms with van der Waals surface area (Å²) < 4.78 is 5.83. The van der Waals surface area contributed by atoms with Gasteiger partial charge in [0.1, 0.15) is 0 Å². The molecule has 1 fully saturated rings. The van der Waals surface area contributed by atoms with Crippen molar-refractivity contribution in [1.82, 2.24) is 13.9 Å². The maximum Gasteiger partial charge on any atom is 0.297 e. The molecule has 0 saturated heterocycles. The van der Waals surface area contributed by atoms with Crippen molar-refractivity contribution in [3.63, 3.8) is 0 Å². The lowest BCUT2D eigenvalue weighted by Crippen LogP contribution is -2.24. The molecule has 1 aliphatic rings. The Morgan fingerprint density at radius 3 is 2.47 bits per heavy atom. The monoisotopic (exact) mass is 512 g/mol. The number of para-hydroxylation sites is 1. The van der Waals surface area contributed by atoms with Crippen molar-refractivity contribution >= 4 is 40.2 Å². The van der Waals surface area contributed by atoms with Crippen LogP contribution in [0.15, 0.2) is 63.7 Å². The van der Waals surface area contributed by atoms with Crippen molar-refractivity contribution in [3.05, 3.63) is 84.8 Å². The highest BCUT2D eigenvalue weighted by molar-refractivity contribution is 7.07. The molecule has 0 amide bonds. The molecule has 1 saturated carbocycles. The first-order valence-corrected chi connectivity index (χ1v) is 13.1. The largest absolute Gasteiger partial charge is 0.313 e. The first-order valence-electron chi connectivity index (χ1n) is 11.5. The van der Waals surface area contributed by atoms with Crippen molar-refractivity contribution < 1.29 is 0 Å². The first-order chi connectivity index (χ1) is 16.5. The topological polar surface area (TPSA) is 44.2 Å². The summed E-state index contributed by atoms with van der Waals surface area (Å²) in [5.74, 6) is 0.